The smallest absolute Gasteiger partial charge is 0.346 e. The van der Waals surface area contributed by atoms with Crippen LogP contribution in [-0.2, 0) is 13.2 Å². The molecule has 7 heteroatoms. The van der Waals surface area contributed by atoms with E-state index in [1.807, 2.05) is 0 Å². The normalized spacial score (nSPS) is 12.3. The molecule has 80 valence electrons. The van der Waals surface area contributed by atoms with Crippen molar-refractivity contribution in [3.8, 4) is 0 Å². The van der Waals surface area contributed by atoms with Gasteiger partial charge in [-0.3, -0.25) is 9.48 Å². The number of aromatic nitrogens is 3. The molecule has 0 bridgehead atoms. The van der Waals surface area contributed by atoms with Crippen molar-refractivity contribution in [2.45, 2.75) is 6.18 Å². The minimum Gasteiger partial charge on any atom is -0.346 e. The van der Waals surface area contributed by atoms with Crippen molar-refractivity contribution >= 4 is 11.0 Å². The first kappa shape index (κ1) is 9.75. The highest BCUT2D eigenvalue weighted by Crippen LogP contribution is 2.31. The molecule has 0 aromatic carbocycles. The monoisotopic (exact) mass is 217 g/mol. The van der Waals surface area contributed by atoms with Crippen LogP contribution in [0.15, 0.2) is 17.1 Å². The predicted octanol–water partition coefficient (Wildman–Crippen LogP) is 1.28. The zero-order chi connectivity index (χ0) is 11.2. The number of aryl methyl sites for hydroxylation is 1. The summed E-state index contributed by atoms with van der Waals surface area (Å²) in [5.74, 6) is 0. The Morgan fingerprint density at radius 3 is 2.73 bits per heavy atom. The molecule has 0 amide bonds. The Balaban J connectivity index is 2.94. The maximum atomic E-state index is 12.5. The van der Waals surface area contributed by atoms with Crippen molar-refractivity contribution in [3.63, 3.8) is 0 Å². The maximum absolute atomic E-state index is 12.5. The first-order valence-electron chi connectivity index (χ1n) is 4.03. The van der Waals surface area contributed by atoms with Crippen molar-refractivity contribution in [2.75, 3.05) is 0 Å². The molecule has 0 unspecified atom stereocenters. The van der Waals surface area contributed by atoms with Crippen LogP contribution in [-0.4, -0.2) is 14.8 Å². The summed E-state index contributed by atoms with van der Waals surface area (Å²) in [6.07, 6.45) is -3.33. The van der Waals surface area contributed by atoms with Gasteiger partial charge < -0.3 is 4.98 Å². The molecule has 2 aromatic heterocycles. The molecule has 15 heavy (non-hydrogen) atoms. The third kappa shape index (κ3) is 1.39. The van der Waals surface area contributed by atoms with Gasteiger partial charge in [-0.2, -0.15) is 18.3 Å². The Bertz CT molecular complexity index is 566. The van der Waals surface area contributed by atoms with Crippen LogP contribution in [0.5, 0.6) is 0 Å². The summed E-state index contributed by atoms with van der Waals surface area (Å²) in [7, 11) is 1.34. The Kier molecular flexibility index (Phi) is 1.85. The topological polar surface area (TPSA) is 50.7 Å². The molecular formula is C8H6F3N3O. The van der Waals surface area contributed by atoms with Gasteiger partial charge in [0.25, 0.3) is 0 Å². The average molecular weight is 217 g/mol. The van der Waals surface area contributed by atoms with Gasteiger partial charge in [0, 0.05) is 19.3 Å². The van der Waals surface area contributed by atoms with Gasteiger partial charge in [-0.15, -0.1) is 0 Å². The molecule has 0 aliphatic carbocycles. The summed E-state index contributed by atoms with van der Waals surface area (Å²) < 4.78 is 38.4. The minimum absolute atomic E-state index is 0.0647. The molecule has 0 aliphatic heterocycles. The first-order valence-corrected chi connectivity index (χ1v) is 4.03. The summed E-state index contributed by atoms with van der Waals surface area (Å²) in [5.41, 5.74) is -1.78. The third-order valence-electron chi connectivity index (χ3n) is 2.02. The fourth-order valence-electron chi connectivity index (χ4n) is 1.40. The van der Waals surface area contributed by atoms with Crippen LogP contribution in [0.2, 0.25) is 0 Å². The van der Waals surface area contributed by atoms with E-state index in [4.69, 9.17) is 0 Å². The van der Waals surface area contributed by atoms with Crippen LogP contribution in [0, 0.1) is 0 Å². The number of nitrogens with one attached hydrogen (secondary N) is 1. The standard InChI is InChI=1S/C8H6F3N3O/c1-14-7-5(4(15)2-3-12-7)6(13-14)8(9,10)11/h2-3H,1H3,(H,12,15). The van der Waals surface area contributed by atoms with Gasteiger partial charge in [-0.05, 0) is 0 Å². The van der Waals surface area contributed by atoms with Crippen LogP contribution in [0.4, 0.5) is 13.2 Å². The Labute approximate surface area is 81.3 Å². The molecule has 0 radical (unpaired) electrons. The quantitative estimate of drug-likeness (QED) is 0.722. The lowest BCUT2D eigenvalue weighted by Crippen LogP contribution is -2.10. The lowest BCUT2D eigenvalue weighted by molar-refractivity contribution is -0.140. The molecule has 2 heterocycles. The summed E-state index contributed by atoms with van der Waals surface area (Å²) in [4.78, 5) is 13.8. The van der Waals surface area contributed by atoms with E-state index in [0.717, 1.165) is 10.7 Å². The number of halogens is 3. The van der Waals surface area contributed by atoms with Crippen LogP contribution in [0.1, 0.15) is 5.69 Å². The Morgan fingerprint density at radius 2 is 2.13 bits per heavy atom. The lowest BCUT2D eigenvalue weighted by atomic mass is 10.2. The number of rotatable bonds is 0. The molecule has 2 aromatic rings. The summed E-state index contributed by atoms with van der Waals surface area (Å²) in [6.45, 7) is 0. The van der Waals surface area contributed by atoms with Gasteiger partial charge in [0.05, 0.1) is 5.39 Å². The minimum atomic E-state index is -4.62. The fourth-order valence-corrected chi connectivity index (χ4v) is 1.40. The van der Waals surface area contributed by atoms with Gasteiger partial charge in [-0.1, -0.05) is 0 Å². The SMILES string of the molecule is Cn1nc(C(F)(F)F)c2c(=O)cc[nH]c21. The number of H-pyrrole nitrogens is 1. The maximum Gasteiger partial charge on any atom is 0.435 e. The highest BCUT2D eigenvalue weighted by molar-refractivity contribution is 5.78. The number of alkyl halides is 3. The molecule has 0 fully saturated rings. The molecule has 0 saturated carbocycles. The summed E-state index contributed by atoms with van der Waals surface area (Å²) in [5, 5.41) is 2.86. The third-order valence-corrected chi connectivity index (χ3v) is 2.02. The molecule has 1 N–H and O–H groups in total. The van der Waals surface area contributed by atoms with E-state index in [9.17, 15) is 18.0 Å². The van der Waals surface area contributed by atoms with Gasteiger partial charge in [0.1, 0.15) is 5.65 Å². The fraction of sp³-hybridized carbons (Fsp3) is 0.250. The average Bonchev–Trinajstić information content (AvgIpc) is 2.45. The molecule has 0 saturated heterocycles. The van der Waals surface area contributed by atoms with Crippen molar-refractivity contribution in [2.24, 2.45) is 7.05 Å². The second-order valence-corrected chi connectivity index (χ2v) is 3.04. The van der Waals surface area contributed by atoms with Gasteiger partial charge >= 0.3 is 6.18 Å². The highest BCUT2D eigenvalue weighted by atomic mass is 19.4. The first-order chi connectivity index (χ1) is 6.91. The second kappa shape index (κ2) is 2.85. The molecule has 4 nitrogen and oxygen atoms in total. The number of nitrogens with zero attached hydrogens (tertiary/aromatic N) is 2. The Morgan fingerprint density at radius 1 is 1.47 bits per heavy atom. The number of hydrogen-bond donors (Lipinski definition) is 1. The zero-order valence-corrected chi connectivity index (χ0v) is 7.59. The lowest BCUT2D eigenvalue weighted by Gasteiger charge is -2.00. The highest BCUT2D eigenvalue weighted by Gasteiger charge is 2.37. The van der Waals surface area contributed by atoms with E-state index in [0.29, 0.717) is 0 Å². The van der Waals surface area contributed by atoms with E-state index in [1.54, 1.807) is 0 Å². The van der Waals surface area contributed by atoms with Crippen LogP contribution in [0.3, 0.4) is 0 Å². The summed E-state index contributed by atoms with van der Waals surface area (Å²) in [6, 6.07) is 1.04. The summed E-state index contributed by atoms with van der Waals surface area (Å²) >= 11 is 0. The number of fused-ring (bicyclic) bond motifs is 1. The molecule has 0 aliphatic rings. The molecule has 0 atom stereocenters. The van der Waals surface area contributed by atoms with E-state index in [-0.39, 0.29) is 5.65 Å². The van der Waals surface area contributed by atoms with E-state index in [1.165, 1.54) is 13.2 Å². The van der Waals surface area contributed by atoms with Crippen molar-refractivity contribution in [1.82, 2.24) is 14.8 Å². The largest absolute Gasteiger partial charge is 0.435 e. The van der Waals surface area contributed by atoms with Crippen molar-refractivity contribution in [1.29, 1.82) is 0 Å². The molecular weight excluding hydrogens is 211 g/mol. The van der Waals surface area contributed by atoms with Gasteiger partial charge in [0.2, 0.25) is 0 Å². The van der Waals surface area contributed by atoms with Crippen LogP contribution >= 0.6 is 0 Å². The number of hydrogen-bond acceptors (Lipinski definition) is 2. The van der Waals surface area contributed by atoms with Crippen molar-refractivity contribution < 1.29 is 13.2 Å². The van der Waals surface area contributed by atoms with E-state index in [2.05, 4.69) is 10.1 Å². The molecule has 0 spiro atoms. The number of pyridine rings is 1. The van der Waals surface area contributed by atoms with Crippen LogP contribution < -0.4 is 5.43 Å². The molecule has 2 rings (SSSR count). The van der Waals surface area contributed by atoms with Gasteiger partial charge in [0.15, 0.2) is 11.1 Å². The van der Waals surface area contributed by atoms with E-state index < -0.39 is 22.7 Å². The zero-order valence-electron chi connectivity index (χ0n) is 7.59. The van der Waals surface area contributed by atoms with Gasteiger partial charge in [-0.25, -0.2) is 0 Å². The van der Waals surface area contributed by atoms with Crippen molar-refractivity contribution in [3.05, 3.63) is 28.2 Å². The van der Waals surface area contributed by atoms with Crippen LogP contribution in [0.25, 0.3) is 11.0 Å². The predicted molar refractivity (Wildman–Crippen MR) is 46.3 cm³/mol. The Hall–Kier alpha value is -1.79. The number of aromatic amines is 1. The second-order valence-electron chi connectivity index (χ2n) is 3.04. The van der Waals surface area contributed by atoms with E-state index >= 15 is 0 Å².